The van der Waals surface area contributed by atoms with Gasteiger partial charge in [0.2, 0.25) is 0 Å². The topological polar surface area (TPSA) is 63.3 Å². The Kier molecular flexibility index (Phi) is 3.99. The smallest absolute Gasteiger partial charge is 0.337 e. The molecule has 2 rings (SSSR count). The number of halogens is 1. The molecule has 2 aromatic rings. The summed E-state index contributed by atoms with van der Waals surface area (Å²) < 4.78 is 13.9. The number of hydrogen-bond acceptors (Lipinski definition) is 3. The van der Waals surface area contributed by atoms with Crippen LogP contribution in [0.5, 0.6) is 0 Å². The maximum absolute atomic E-state index is 13.9. The third-order valence-corrected chi connectivity index (χ3v) is 4.06. The standard InChI is InChI=1S/C15H14FNO2S/c1-8-3-4-10(5-9(8)2)20-14-6-11(15(18)19)13(17)7-12(14)16/h3-7H,17H2,1-2H3,(H,18,19). The first-order chi connectivity index (χ1) is 9.38. The van der Waals surface area contributed by atoms with Crippen LogP contribution in [0.15, 0.2) is 40.1 Å². The molecule has 0 fully saturated rings. The molecule has 0 amide bonds. The van der Waals surface area contributed by atoms with Crippen LogP contribution in [0.1, 0.15) is 21.5 Å². The zero-order valence-corrected chi connectivity index (χ0v) is 11.9. The number of rotatable bonds is 3. The summed E-state index contributed by atoms with van der Waals surface area (Å²) in [6, 6.07) is 8.09. The minimum atomic E-state index is -1.16. The van der Waals surface area contributed by atoms with Crippen molar-refractivity contribution in [3.63, 3.8) is 0 Å². The Labute approximate surface area is 120 Å². The highest BCUT2D eigenvalue weighted by atomic mass is 32.2. The Morgan fingerprint density at radius 3 is 2.50 bits per heavy atom. The fourth-order valence-electron chi connectivity index (χ4n) is 1.74. The molecule has 0 aliphatic carbocycles. The minimum Gasteiger partial charge on any atom is -0.478 e. The van der Waals surface area contributed by atoms with Crippen molar-refractivity contribution in [2.45, 2.75) is 23.6 Å². The number of hydrogen-bond donors (Lipinski definition) is 2. The molecule has 3 nitrogen and oxygen atoms in total. The SMILES string of the molecule is Cc1ccc(Sc2cc(C(=O)O)c(N)cc2F)cc1C. The molecular formula is C15H14FNO2S. The van der Waals surface area contributed by atoms with Crippen molar-refractivity contribution in [3.8, 4) is 0 Å². The van der Waals surface area contributed by atoms with Gasteiger partial charge in [-0.15, -0.1) is 0 Å². The number of aromatic carboxylic acids is 1. The summed E-state index contributed by atoms with van der Waals surface area (Å²) in [6.07, 6.45) is 0. The lowest BCUT2D eigenvalue weighted by Crippen LogP contribution is -2.03. The number of carbonyl (C=O) groups is 1. The van der Waals surface area contributed by atoms with Crippen LogP contribution in [0.3, 0.4) is 0 Å². The van der Waals surface area contributed by atoms with Crippen LogP contribution in [0, 0.1) is 19.7 Å². The minimum absolute atomic E-state index is 0.0700. The van der Waals surface area contributed by atoms with Crippen LogP contribution in [0.25, 0.3) is 0 Å². The third kappa shape index (κ3) is 2.93. The van der Waals surface area contributed by atoms with Crippen LogP contribution < -0.4 is 5.73 Å². The van der Waals surface area contributed by atoms with Crippen LogP contribution >= 0.6 is 11.8 Å². The van der Waals surface area contributed by atoms with Gasteiger partial charge in [-0.2, -0.15) is 0 Å². The van der Waals surface area contributed by atoms with Gasteiger partial charge >= 0.3 is 5.97 Å². The molecule has 0 saturated carbocycles. The van der Waals surface area contributed by atoms with Gasteiger partial charge in [-0.1, -0.05) is 17.8 Å². The fraction of sp³-hybridized carbons (Fsp3) is 0.133. The van der Waals surface area contributed by atoms with E-state index in [9.17, 15) is 9.18 Å². The van der Waals surface area contributed by atoms with Gasteiger partial charge in [0.1, 0.15) is 5.82 Å². The zero-order chi connectivity index (χ0) is 14.9. The van der Waals surface area contributed by atoms with Gasteiger partial charge in [0.05, 0.1) is 5.56 Å². The van der Waals surface area contributed by atoms with Gasteiger partial charge in [0.15, 0.2) is 0 Å². The summed E-state index contributed by atoms with van der Waals surface area (Å²) in [4.78, 5) is 12.1. The highest BCUT2D eigenvalue weighted by Crippen LogP contribution is 2.33. The molecule has 0 unspecified atom stereocenters. The fourth-order valence-corrected chi connectivity index (χ4v) is 2.70. The number of benzene rings is 2. The molecule has 0 aliphatic heterocycles. The maximum atomic E-state index is 13.9. The number of nitrogen functional groups attached to an aromatic ring is 1. The largest absolute Gasteiger partial charge is 0.478 e. The predicted octanol–water partition coefficient (Wildman–Crippen LogP) is 3.87. The Morgan fingerprint density at radius 2 is 1.90 bits per heavy atom. The molecule has 20 heavy (non-hydrogen) atoms. The number of anilines is 1. The highest BCUT2D eigenvalue weighted by Gasteiger charge is 2.14. The van der Waals surface area contributed by atoms with Crippen molar-refractivity contribution >= 4 is 23.4 Å². The lowest BCUT2D eigenvalue weighted by molar-refractivity contribution is 0.0697. The summed E-state index contributed by atoms with van der Waals surface area (Å²) >= 11 is 1.18. The van der Waals surface area contributed by atoms with Crippen molar-refractivity contribution in [1.29, 1.82) is 0 Å². The van der Waals surface area contributed by atoms with Crippen LogP contribution in [0.2, 0.25) is 0 Å². The summed E-state index contributed by atoms with van der Waals surface area (Å²) in [6.45, 7) is 3.97. The Morgan fingerprint density at radius 1 is 1.20 bits per heavy atom. The van der Waals surface area contributed by atoms with E-state index in [1.807, 2.05) is 32.0 Å². The number of aryl methyl sites for hydroxylation is 2. The van der Waals surface area contributed by atoms with Crippen molar-refractivity contribution in [2.24, 2.45) is 0 Å². The number of carboxylic acid groups (broad SMARTS) is 1. The number of carboxylic acids is 1. The van der Waals surface area contributed by atoms with Crippen molar-refractivity contribution in [2.75, 3.05) is 5.73 Å². The van der Waals surface area contributed by atoms with Crippen molar-refractivity contribution < 1.29 is 14.3 Å². The number of nitrogens with two attached hydrogens (primary N) is 1. The quantitative estimate of drug-likeness (QED) is 0.842. The van der Waals surface area contributed by atoms with Crippen LogP contribution in [-0.2, 0) is 0 Å². The molecule has 5 heteroatoms. The third-order valence-electron chi connectivity index (χ3n) is 3.04. The van der Waals surface area contributed by atoms with Crippen LogP contribution in [-0.4, -0.2) is 11.1 Å². The lowest BCUT2D eigenvalue weighted by Gasteiger charge is -2.08. The van der Waals surface area contributed by atoms with Gasteiger partial charge in [-0.3, -0.25) is 0 Å². The van der Waals surface area contributed by atoms with E-state index in [0.717, 1.165) is 22.1 Å². The molecule has 2 aromatic carbocycles. The average Bonchev–Trinajstić information content (AvgIpc) is 2.36. The van der Waals surface area contributed by atoms with Gasteiger partial charge in [0, 0.05) is 15.5 Å². The normalized spacial score (nSPS) is 10.6. The lowest BCUT2D eigenvalue weighted by atomic mass is 10.1. The molecule has 0 spiro atoms. The second kappa shape index (κ2) is 5.54. The molecule has 0 bridgehead atoms. The molecule has 0 saturated heterocycles. The predicted molar refractivity (Wildman–Crippen MR) is 77.8 cm³/mol. The van der Waals surface area contributed by atoms with E-state index in [0.29, 0.717) is 0 Å². The van der Waals surface area contributed by atoms with Gasteiger partial charge in [0.25, 0.3) is 0 Å². The molecule has 0 aromatic heterocycles. The second-order valence-corrected chi connectivity index (χ2v) is 5.64. The Balaban J connectivity index is 2.40. The Bertz CT molecular complexity index is 686. The summed E-state index contributed by atoms with van der Waals surface area (Å²) in [5.41, 5.74) is 7.60. The van der Waals surface area contributed by atoms with E-state index in [1.54, 1.807) is 0 Å². The van der Waals surface area contributed by atoms with Crippen molar-refractivity contribution in [3.05, 3.63) is 52.8 Å². The maximum Gasteiger partial charge on any atom is 0.337 e. The van der Waals surface area contributed by atoms with E-state index < -0.39 is 11.8 Å². The first-order valence-electron chi connectivity index (χ1n) is 5.96. The van der Waals surface area contributed by atoms with E-state index in [1.165, 1.54) is 17.8 Å². The van der Waals surface area contributed by atoms with E-state index >= 15 is 0 Å². The zero-order valence-electron chi connectivity index (χ0n) is 11.1. The Hall–Kier alpha value is -2.01. The molecule has 0 atom stereocenters. The van der Waals surface area contributed by atoms with Gasteiger partial charge in [-0.25, -0.2) is 9.18 Å². The van der Waals surface area contributed by atoms with Crippen molar-refractivity contribution in [1.82, 2.24) is 0 Å². The van der Waals surface area contributed by atoms with E-state index in [4.69, 9.17) is 10.8 Å². The van der Waals surface area contributed by atoms with E-state index in [2.05, 4.69) is 0 Å². The summed E-state index contributed by atoms with van der Waals surface area (Å²) in [5.74, 6) is -1.68. The first kappa shape index (κ1) is 14.4. The molecule has 3 N–H and O–H groups in total. The first-order valence-corrected chi connectivity index (χ1v) is 6.77. The summed E-state index contributed by atoms with van der Waals surface area (Å²) in [5, 5.41) is 9.02. The molecule has 0 heterocycles. The molecular weight excluding hydrogens is 277 g/mol. The molecule has 104 valence electrons. The monoisotopic (exact) mass is 291 g/mol. The van der Waals surface area contributed by atoms with Crippen LogP contribution in [0.4, 0.5) is 10.1 Å². The average molecular weight is 291 g/mol. The second-order valence-electron chi connectivity index (χ2n) is 4.52. The molecule has 0 radical (unpaired) electrons. The highest BCUT2D eigenvalue weighted by molar-refractivity contribution is 7.99. The molecule has 0 aliphatic rings. The van der Waals surface area contributed by atoms with E-state index in [-0.39, 0.29) is 16.1 Å². The summed E-state index contributed by atoms with van der Waals surface area (Å²) in [7, 11) is 0. The van der Waals surface area contributed by atoms with Gasteiger partial charge in [-0.05, 0) is 49.2 Å². The van der Waals surface area contributed by atoms with Gasteiger partial charge < -0.3 is 10.8 Å².